The highest BCUT2D eigenvalue weighted by Crippen LogP contribution is 2.60. The normalized spacial score (nSPS) is 22.9. The first-order valence-corrected chi connectivity index (χ1v) is 9.50. The Kier molecular flexibility index (Phi) is 5.56. The first kappa shape index (κ1) is 19.4. The molecule has 144 valence electrons. The van der Waals surface area contributed by atoms with Crippen LogP contribution < -0.4 is 5.32 Å². The van der Waals surface area contributed by atoms with Crippen molar-refractivity contribution in [3.8, 4) is 0 Å². The van der Waals surface area contributed by atoms with Crippen LogP contribution in [-0.2, 0) is 16.8 Å². The van der Waals surface area contributed by atoms with Gasteiger partial charge in [-0.3, -0.25) is 0 Å². The van der Waals surface area contributed by atoms with Gasteiger partial charge in [0.2, 0.25) is 0 Å². The number of carbonyl (C=O) groups is 1. The number of amides is 1. The number of benzene rings is 2. The van der Waals surface area contributed by atoms with E-state index in [0.29, 0.717) is 19.1 Å². The van der Waals surface area contributed by atoms with Crippen molar-refractivity contribution in [2.75, 3.05) is 6.61 Å². The maximum Gasteiger partial charge on any atom is 0.404 e. The van der Waals surface area contributed by atoms with Crippen molar-refractivity contribution in [3.05, 3.63) is 71.8 Å². The number of hydrogen-bond donors (Lipinski definition) is 2. The summed E-state index contributed by atoms with van der Waals surface area (Å²) in [6.07, 6.45) is -0.0466. The highest BCUT2D eigenvalue weighted by molar-refractivity contribution is 5.66. The van der Waals surface area contributed by atoms with Crippen LogP contribution in [0, 0.1) is 11.3 Å². The highest BCUT2D eigenvalue weighted by atomic mass is 16.5. The van der Waals surface area contributed by atoms with Gasteiger partial charge in [0.05, 0.1) is 13.2 Å². The largest absolute Gasteiger partial charge is 0.465 e. The van der Waals surface area contributed by atoms with Crippen molar-refractivity contribution in [2.45, 2.75) is 45.3 Å². The van der Waals surface area contributed by atoms with Crippen LogP contribution in [0.1, 0.15) is 38.3 Å². The Bertz CT molecular complexity index is 754. The lowest BCUT2D eigenvalue weighted by atomic mass is 9.72. The van der Waals surface area contributed by atoms with Gasteiger partial charge in [-0.2, -0.15) is 0 Å². The van der Waals surface area contributed by atoms with Gasteiger partial charge in [-0.15, -0.1) is 0 Å². The molecule has 2 aromatic carbocycles. The third-order valence-corrected chi connectivity index (χ3v) is 5.54. The van der Waals surface area contributed by atoms with Crippen LogP contribution in [0.4, 0.5) is 4.79 Å². The minimum Gasteiger partial charge on any atom is -0.465 e. The van der Waals surface area contributed by atoms with Crippen molar-refractivity contribution in [2.24, 2.45) is 11.3 Å². The van der Waals surface area contributed by atoms with Gasteiger partial charge in [0, 0.05) is 11.5 Å². The smallest absolute Gasteiger partial charge is 0.404 e. The van der Waals surface area contributed by atoms with Crippen molar-refractivity contribution >= 4 is 6.09 Å². The Labute approximate surface area is 161 Å². The summed E-state index contributed by atoms with van der Waals surface area (Å²) >= 11 is 0. The molecule has 3 rings (SSSR count). The molecule has 0 aromatic heterocycles. The summed E-state index contributed by atoms with van der Waals surface area (Å²) in [5.41, 5.74) is 1.91. The molecule has 0 radical (unpaired) electrons. The Balaban J connectivity index is 1.79. The maximum atomic E-state index is 11.5. The molecule has 0 spiro atoms. The van der Waals surface area contributed by atoms with Crippen molar-refractivity contribution in [3.63, 3.8) is 0 Å². The fraction of sp³-hybridized carbons (Fsp3) is 0.435. The predicted molar refractivity (Wildman–Crippen MR) is 107 cm³/mol. The van der Waals surface area contributed by atoms with Crippen molar-refractivity contribution in [1.29, 1.82) is 0 Å². The summed E-state index contributed by atoms with van der Waals surface area (Å²) < 4.78 is 6.01. The molecule has 4 heteroatoms. The van der Waals surface area contributed by atoms with Gasteiger partial charge in [0.25, 0.3) is 0 Å². The summed E-state index contributed by atoms with van der Waals surface area (Å²) in [7, 11) is 0. The number of nitrogens with one attached hydrogen (secondary N) is 1. The zero-order valence-corrected chi connectivity index (χ0v) is 16.3. The molecule has 2 N–H and O–H groups in total. The van der Waals surface area contributed by atoms with E-state index in [1.54, 1.807) is 0 Å². The van der Waals surface area contributed by atoms with E-state index in [1.165, 1.54) is 5.56 Å². The molecule has 0 heterocycles. The van der Waals surface area contributed by atoms with Gasteiger partial charge in [-0.25, -0.2) is 4.79 Å². The predicted octanol–water partition coefficient (Wildman–Crippen LogP) is 4.84. The van der Waals surface area contributed by atoms with Crippen LogP contribution in [0.5, 0.6) is 0 Å². The SMILES string of the molecule is CC(C)(C)C(NC(=O)O)[C@]1(c2ccccc2)C[C@H]1COCc1ccccc1. The quantitative estimate of drug-likeness (QED) is 0.736. The van der Waals surface area contributed by atoms with Gasteiger partial charge in [-0.05, 0) is 28.9 Å². The lowest BCUT2D eigenvalue weighted by Crippen LogP contribution is -2.52. The standard InChI is InChI=1S/C23H29NO3/c1-22(2,3)20(24-21(25)26)23(18-12-8-5-9-13-18)14-19(23)16-27-15-17-10-6-4-7-11-17/h4-13,19-20,24H,14-16H2,1-3H3,(H,25,26)/t19-,20?,23-/m0/s1. The lowest BCUT2D eigenvalue weighted by Gasteiger charge is -2.38. The average molecular weight is 367 g/mol. The molecule has 27 heavy (non-hydrogen) atoms. The van der Waals surface area contributed by atoms with Gasteiger partial charge in [-0.1, -0.05) is 81.4 Å². The Morgan fingerprint density at radius 1 is 1.15 bits per heavy atom. The third-order valence-electron chi connectivity index (χ3n) is 5.54. The Hall–Kier alpha value is -2.33. The molecule has 4 nitrogen and oxygen atoms in total. The van der Waals surface area contributed by atoms with E-state index in [0.717, 1.165) is 12.0 Å². The molecule has 2 aromatic rings. The minimum absolute atomic E-state index is 0.185. The zero-order valence-electron chi connectivity index (χ0n) is 16.3. The molecule has 0 saturated heterocycles. The molecule has 1 amide bonds. The van der Waals surface area contributed by atoms with E-state index < -0.39 is 6.09 Å². The molecule has 1 unspecified atom stereocenters. The molecule has 0 bridgehead atoms. The minimum atomic E-state index is -0.971. The molecular weight excluding hydrogens is 338 g/mol. The van der Waals surface area contributed by atoms with E-state index in [4.69, 9.17) is 4.74 Å². The summed E-state index contributed by atoms with van der Waals surface area (Å²) in [5, 5.41) is 12.3. The van der Waals surface area contributed by atoms with Crippen molar-refractivity contribution < 1.29 is 14.6 Å². The van der Waals surface area contributed by atoms with E-state index in [1.807, 2.05) is 36.4 Å². The second kappa shape index (κ2) is 7.73. The number of hydrogen-bond acceptors (Lipinski definition) is 2. The van der Waals surface area contributed by atoms with E-state index >= 15 is 0 Å². The topological polar surface area (TPSA) is 58.6 Å². The Morgan fingerprint density at radius 2 is 1.74 bits per heavy atom. The van der Waals surface area contributed by atoms with Crippen LogP contribution >= 0.6 is 0 Å². The summed E-state index contributed by atoms with van der Waals surface area (Å²) in [6.45, 7) is 7.49. The van der Waals surface area contributed by atoms with Crippen LogP contribution in [0.15, 0.2) is 60.7 Å². The second-order valence-electron chi connectivity index (χ2n) is 8.56. The van der Waals surface area contributed by atoms with E-state index in [-0.39, 0.29) is 16.9 Å². The van der Waals surface area contributed by atoms with Crippen LogP contribution in [-0.4, -0.2) is 23.8 Å². The first-order chi connectivity index (χ1) is 12.8. The summed E-state index contributed by atoms with van der Waals surface area (Å²) in [4.78, 5) is 11.5. The number of rotatable bonds is 7. The average Bonchev–Trinajstić information content (AvgIpc) is 3.35. The molecule has 3 atom stereocenters. The summed E-state index contributed by atoms with van der Waals surface area (Å²) in [6, 6.07) is 20.2. The Morgan fingerprint density at radius 3 is 2.30 bits per heavy atom. The zero-order chi connectivity index (χ0) is 19.5. The molecule has 1 saturated carbocycles. The molecule has 1 fully saturated rings. The van der Waals surface area contributed by atoms with E-state index in [2.05, 4.69) is 50.4 Å². The first-order valence-electron chi connectivity index (χ1n) is 9.50. The lowest BCUT2D eigenvalue weighted by molar-refractivity contribution is 0.0960. The maximum absolute atomic E-state index is 11.5. The molecule has 1 aliphatic rings. The monoisotopic (exact) mass is 367 g/mol. The fourth-order valence-corrected chi connectivity index (χ4v) is 4.31. The third kappa shape index (κ3) is 4.33. The second-order valence-corrected chi connectivity index (χ2v) is 8.56. The number of ether oxygens (including phenoxy) is 1. The van der Waals surface area contributed by atoms with Gasteiger partial charge < -0.3 is 15.2 Å². The molecule has 0 aliphatic heterocycles. The molecule has 1 aliphatic carbocycles. The highest BCUT2D eigenvalue weighted by Gasteiger charge is 2.62. The molecular formula is C23H29NO3. The van der Waals surface area contributed by atoms with Crippen LogP contribution in [0.3, 0.4) is 0 Å². The van der Waals surface area contributed by atoms with Crippen LogP contribution in [0.2, 0.25) is 0 Å². The summed E-state index contributed by atoms with van der Waals surface area (Å²) in [5.74, 6) is 0.291. The van der Waals surface area contributed by atoms with Crippen molar-refractivity contribution in [1.82, 2.24) is 5.32 Å². The van der Waals surface area contributed by atoms with E-state index in [9.17, 15) is 9.90 Å². The van der Waals surface area contributed by atoms with Crippen LogP contribution in [0.25, 0.3) is 0 Å². The van der Waals surface area contributed by atoms with Gasteiger partial charge in [0.15, 0.2) is 0 Å². The van der Waals surface area contributed by atoms with Gasteiger partial charge >= 0.3 is 6.09 Å². The fourth-order valence-electron chi connectivity index (χ4n) is 4.31. The van der Waals surface area contributed by atoms with Gasteiger partial charge in [0.1, 0.15) is 0 Å². The number of carboxylic acid groups (broad SMARTS) is 1.